The van der Waals surface area contributed by atoms with E-state index in [4.69, 9.17) is 4.74 Å². The molecular formula is C13H23NO3. The summed E-state index contributed by atoms with van der Waals surface area (Å²) in [5, 5.41) is 2.78. The number of rotatable bonds is 3. The number of ether oxygens (including phenoxy) is 1. The molecule has 4 nitrogen and oxygen atoms in total. The lowest BCUT2D eigenvalue weighted by Crippen LogP contribution is -2.36. The van der Waals surface area contributed by atoms with Gasteiger partial charge in [0.1, 0.15) is 11.9 Å². The Bertz CT molecular complexity index is 270. The Labute approximate surface area is 103 Å². The van der Waals surface area contributed by atoms with E-state index in [-0.39, 0.29) is 12.0 Å². The summed E-state index contributed by atoms with van der Waals surface area (Å²) in [6.07, 6.45) is 4.71. The van der Waals surface area contributed by atoms with E-state index in [1.807, 2.05) is 20.8 Å². The Balaban J connectivity index is 2.26. The highest BCUT2D eigenvalue weighted by Gasteiger charge is 2.23. The van der Waals surface area contributed by atoms with Crippen molar-refractivity contribution in [1.29, 1.82) is 0 Å². The second kappa shape index (κ2) is 6.03. The molecule has 0 heterocycles. The van der Waals surface area contributed by atoms with E-state index in [1.165, 1.54) is 0 Å². The van der Waals surface area contributed by atoms with Crippen LogP contribution in [-0.2, 0) is 9.53 Å². The highest BCUT2D eigenvalue weighted by molar-refractivity contribution is 5.67. The standard InChI is InChI=1S/C13H23NO3/c1-13(2,3)17-12(16)14-8-10-5-4-6-11(7-10)9-15/h9-11H,4-8H2,1-3H3,(H,14,16)/t10-,11+/m1/s1. The third-order valence-corrected chi connectivity index (χ3v) is 2.95. The van der Waals surface area contributed by atoms with Gasteiger partial charge >= 0.3 is 6.09 Å². The zero-order valence-electron chi connectivity index (χ0n) is 11.0. The van der Waals surface area contributed by atoms with Gasteiger partial charge in [-0.2, -0.15) is 0 Å². The van der Waals surface area contributed by atoms with Crippen LogP contribution in [0.3, 0.4) is 0 Å². The molecule has 0 aliphatic heterocycles. The van der Waals surface area contributed by atoms with E-state index in [9.17, 15) is 9.59 Å². The van der Waals surface area contributed by atoms with Crippen molar-refractivity contribution in [2.45, 2.75) is 52.1 Å². The third-order valence-electron chi connectivity index (χ3n) is 2.95. The van der Waals surface area contributed by atoms with Gasteiger partial charge in [-0.3, -0.25) is 0 Å². The number of amides is 1. The van der Waals surface area contributed by atoms with Gasteiger partial charge in [-0.15, -0.1) is 0 Å². The van der Waals surface area contributed by atoms with Crippen molar-refractivity contribution in [3.05, 3.63) is 0 Å². The Morgan fingerprint density at radius 1 is 1.41 bits per heavy atom. The maximum atomic E-state index is 11.4. The lowest BCUT2D eigenvalue weighted by atomic mass is 9.82. The number of hydrogen-bond acceptors (Lipinski definition) is 3. The summed E-state index contributed by atoms with van der Waals surface area (Å²) < 4.78 is 5.16. The highest BCUT2D eigenvalue weighted by Crippen LogP contribution is 2.27. The minimum Gasteiger partial charge on any atom is -0.444 e. The van der Waals surface area contributed by atoms with E-state index in [1.54, 1.807) is 0 Å². The van der Waals surface area contributed by atoms with Crippen molar-refractivity contribution in [3.63, 3.8) is 0 Å². The Hall–Kier alpha value is -1.06. The molecule has 1 aliphatic carbocycles. The summed E-state index contributed by atoms with van der Waals surface area (Å²) in [6.45, 7) is 6.14. The fourth-order valence-electron chi connectivity index (χ4n) is 2.18. The molecule has 1 aliphatic rings. The summed E-state index contributed by atoms with van der Waals surface area (Å²) in [5.74, 6) is 0.584. The first-order valence-electron chi connectivity index (χ1n) is 6.33. The molecule has 1 amide bonds. The molecule has 1 rings (SSSR count). The smallest absolute Gasteiger partial charge is 0.407 e. The van der Waals surface area contributed by atoms with Crippen molar-refractivity contribution in [1.82, 2.24) is 5.32 Å². The van der Waals surface area contributed by atoms with Gasteiger partial charge < -0.3 is 14.8 Å². The zero-order chi connectivity index (χ0) is 12.9. The van der Waals surface area contributed by atoms with Crippen molar-refractivity contribution in [2.24, 2.45) is 11.8 Å². The molecular weight excluding hydrogens is 218 g/mol. The van der Waals surface area contributed by atoms with E-state index >= 15 is 0 Å². The minimum atomic E-state index is -0.456. The summed E-state index contributed by atoms with van der Waals surface area (Å²) in [7, 11) is 0. The first-order valence-corrected chi connectivity index (χ1v) is 6.33. The van der Waals surface area contributed by atoms with Crippen LogP contribution in [0, 0.1) is 11.8 Å². The van der Waals surface area contributed by atoms with Gasteiger partial charge in [0.2, 0.25) is 0 Å². The molecule has 4 heteroatoms. The largest absolute Gasteiger partial charge is 0.444 e. The van der Waals surface area contributed by atoms with Crippen molar-refractivity contribution in [3.8, 4) is 0 Å². The topological polar surface area (TPSA) is 55.4 Å². The molecule has 98 valence electrons. The van der Waals surface area contributed by atoms with Crippen LogP contribution in [-0.4, -0.2) is 24.5 Å². The Morgan fingerprint density at radius 3 is 2.71 bits per heavy atom. The first kappa shape index (κ1) is 14.0. The van der Waals surface area contributed by atoms with E-state index < -0.39 is 5.60 Å². The second-order valence-electron chi connectivity index (χ2n) is 5.81. The van der Waals surface area contributed by atoms with Gasteiger partial charge in [0.05, 0.1) is 0 Å². The summed E-state index contributed by atoms with van der Waals surface area (Å²) in [6, 6.07) is 0. The average molecular weight is 241 g/mol. The monoisotopic (exact) mass is 241 g/mol. The molecule has 1 fully saturated rings. The molecule has 0 spiro atoms. The highest BCUT2D eigenvalue weighted by atomic mass is 16.6. The average Bonchev–Trinajstić information content (AvgIpc) is 2.24. The normalized spacial score (nSPS) is 25.1. The van der Waals surface area contributed by atoms with E-state index in [0.717, 1.165) is 32.0 Å². The molecule has 0 aromatic heterocycles. The van der Waals surface area contributed by atoms with Crippen LogP contribution in [0.5, 0.6) is 0 Å². The molecule has 1 N–H and O–H groups in total. The Morgan fingerprint density at radius 2 is 2.12 bits per heavy atom. The number of carbonyl (C=O) groups excluding carboxylic acids is 2. The van der Waals surface area contributed by atoms with Gasteiger partial charge in [-0.25, -0.2) is 4.79 Å². The first-order chi connectivity index (χ1) is 7.90. The minimum absolute atomic E-state index is 0.175. The maximum absolute atomic E-state index is 11.4. The lowest BCUT2D eigenvalue weighted by Gasteiger charge is -2.26. The second-order valence-corrected chi connectivity index (χ2v) is 5.81. The maximum Gasteiger partial charge on any atom is 0.407 e. The van der Waals surface area contributed by atoms with Crippen molar-refractivity contribution in [2.75, 3.05) is 6.54 Å². The van der Waals surface area contributed by atoms with Crippen LogP contribution in [0.25, 0.3) is 0 Å². The molecule has 0 unspecified atom stereocenters. The van der Waals surface area contributed by atoms with Gasteiger partial charge in [-0.05, 0) is 46.0 Å². The van der Waals surface area contributed by atoms with Gasteiger partial charge in [0.25, 0.3) is 0 Å². The summed E-state index contributed by atoms with van der Waals surface area (Å²) >= 11 is 0. The summed E-state index contributed by atoms with van der Waals surface area (Å²) in [5.41, 5.74) is -0.456. The molecule has 17 heavy (non-hydrogen) atoms. The van der Waals surface area contributed by atoms with Crippen LogP contribution in [0.2, 0.25) is 0 Å². The number of aldehydes is 1. The van der Waals surface area contributed by atoms with Crippen molar-refractivity contribution < 1.29 is 14.3 Å². The lowest BCUT2D eigenvalue weighted by molar-refractivity contribution is -0.112. The summed E-state index contributed by atoms with van der Waals surface area (Å²) in [4.78, 5) is 22.2. The molecule has 1 saturated carbocycles. The van der Waals surface area contributed by atoms with E-state index in [2.05, 4.69) is 5.32 Å². The molecule has 2 atom stereocenters. The van der Waals surface area contributed by atoms with Gasteiger partial charge in [0, 0.05) is 12.5 Å². The van der Waals surface area contributed by atoms with Crippen LogP contribution >= 0.6 is 0 Å². The molecule has 0 saturated heterocycles. The molecule has 0 aromatic rings. The Kier molecular flexibility index (Phi) is 4.97. The van der Waals surface area contributed by atoms with Crippen molar-refractivity contribution >= 4 is 12.4 Å². The fourth-order valence-corrected chi connectivity index (χ4v) is 2.18. The van der Waals surface area contributed by atoms with Crippen LogP contribution in [0.1, 0.15) is 46.5 Å². The number of hydrogen-bond donors (Lipinski definition) is 1. The molecule has 0 radical (unpaired) electrons. The predicted octanol–water partition coefficient (Wildman–Crippen LogP) is 2.52. The fraction of sp³-hybridized carbons (Fsp3) is 0.846. The van der Waals surface area contributed by atoms with Crippen LogP contribution in [0.4, 0.5) is 4.79 Å². The van der Waals surface area contributed by atoms with Crippen LogP contribution < -0.4 is 5.32 Å². The zero-order valence-corrected chi connectivity index (χ0v) is 11.0. The van der Waals surface area contributed by atoms with Crippen LogP contribution in [0.15, 0.2) is 0 Å². The van der Waals surface area contributed by atoms with Gasteiger partial charge in [0.15, 0.2) is 0 Å². The predicted molar refractivity (Wildman–Crippen MR) is 65.7 cm³/mol. The number of alkyl carbamates (subject to hydrolysis) is 1. The van der Waals surface area contributed by atoms with E-state index in [0.29, 0.717) is 12.5 Å². The molecule has 0 bridgehead atoms. The SMILES string of the molecule is CC(C)(C)OC(=O)NC[C@@H]1CCC[C@H](C=O)C1. The quantitative estimate of drug-likeness (QED) is 0.772. The number of carbonyl (C=O) groups is 2. The van der Waals surface area contributed by atoms with Gasteiger partial charge in [-0.1, -0.05) is 6.42 Å². The third kappa shape index (κ3) is 5.71. The number of nitrogens with one attached hydrogen (secondary N) is 1. The molecule has 0 aromatic carbocycles.